The van der Waals surface area contributed by atoms with E-state index in [0.29, 0.717) is 23.0 Å². The van der Waals surface area contributed by atoms with E-state index in [1.165, 1.54) is 5.56 Å². The molecule has 2 rings (SSSR count). The largest absolute Gasteiger partial charge is 0.314 e. The van der Waals surface area contributed by atoms with Crippen molar-refractivity contribution in [2.24, 2.45) is 5.92 Å². The summed E-state index contributed by atoms with van der Waals surface area (Å²) in [4.78, 5) is 2.55. The van der Waals surface area contributed by atoms with Gasteiger partial charge >= 0.3 is 0 Å². The van der Waals surface area contributed by atoms with Gasteiger partial charge in [-0.25, -0.2) is 0 Å². The smallest absolute Gasteiger partial charge is 0.0468 e. The van der Waals surface area contributed by atoms with Crippen LogP contribution in [0.5, 0.6) is 0 Å². The van der Waals surface area contributed by atoms with Crippen molar-refractivity contribution in [1.82, 2.24) is 10.2 Å². The molecule has 1 N–H and O–H groups in total. The number of nitrogens with zero attached hydrogens (tertiary/aromatic N) is 1. The van der Waals surface area contributed by atoms with Crippen molar-refractivity contribution < 1.29 is 0 Å². The van der Waals surface area contributed by atoms with Gasteiger partial charge in [-0.15, -0.1) is 0 Å². The maximum absolute atomic E-state index is 6.34. The van der Waals surface area contributed by atoms with Gasteiger partial charge in [0.25, 0.3) is 0 Å². The van der Waals surface area contributed by atoms with E-state index in [1.807, 2.05) is 12.1 Å². The normalized spacial score (nSPS) is 22.7. The zero-order chi connectivity index (χ0) is 14.0. The van der Waals surface area contributed by atoms with Crippen LogP contribution in [0.1, 0.15) is 32.4 Å². The average Bonchev–Trinajstić information content (AvgIpc) is 2.38. The Bertz CT molecular complexity index is 434. The molecule has 1 fully saturated rings. The van der Waals surface area contributed by atoms with E-state index in [0.717, 1.165) is 24.7 Å². The standard InChI is InChI=1S/C15H22Cl2N2/c1-10(2)15-9-18-6-7-19(15)11(3)13-5-4-12(16)8-14(13)17/h4-5,8,10-11,15,18H,6-7,9H2,1-3H3. The number of hydrogen-bond donors (Lipinski definition) is 1. The Morgan fingerprint density at radius 2 is 2.00 bits per heavy atom. The van der Waals surface area contributed by atoms with Crippen LogP contribution in [0.3, 0.4) is 0 Å². The van der Waals surface area contributed by atoms with E-state index in [4.69, 9.17) is 23.2 Å². The molecular formula is C15H22Cl2N2. The minimum absolute atomic E-state index is 0.319. The second-order valence-electron chi connectivity index (χ2n) is 5.60. The Labute approximate surface area is 126 Å². The third-order valence-electron chi connectivity index (χ3n) is 4.01. The maximum atomic E-state index is 6.34. The molecule has 2 nitrogen and oxygen atoms in total. The predicted octanol–water partition coefficient (Wildman–Crippen LogP) is 3.98. The lowest BCUT2D eigenvalue weighted by molar-refractivity contribution is 0.0844. The second kappa shape index (κ2) is 6.45. The van der Waals surface area contributed by atoms with Crippen LogP contribution in [0, 0.1) is 5.92 Å². The molecule has 1 aromatic carbocycles. The van der Waals surface area contributed by atoms with Gasteiger partial charge in [0.05, 0.1) is 0 Å². The lowest BCUT2D eigenvalue weighted by atomic mass is 9.96. The molecule has 106 valence electrons. The molecule has 0 spiro atoms. The van der Waals surface area contributed by atoms with Crippen LogP contribution in [0.4, 0.5) is 0 Å². The lowest BCUT2D eigenvalue weighted by Gasteiger charge is -2.42. The highest BCUT2D eigenvalue weighted by atomic mass is 35.5. The number of benzene rings is 1. The number of hydrogen-bond acceptors (Lipinski definition) is 2. The first-order valence-electron chi connectivity index (χ1n) is 6.92. The van der Waals surface area contributed by atoms with Crippen molar-refractivity contribution in [3.8, 4) is 0 Å². The lowest BCUT2D eigenvalue weighted by Crippen LogP contribution is -2.54. The molecular weight excluding hydrogens is 279 g/mol. The molecule has 1 heterocycles. The number of nitrogens with one attached hydrogen (secondary N) is 1. The van der Waals surface area contributed by atoms with Gasteiger partial charge in [-0.05, 0) is 30.5 Å². The zero-order valence-corrected chi connectivity index (χ0v) is 13.3. The molecule has 19 heavy (non-hydrogen) atoms. The van der Waals surface area contributed by atoms with Crippen LogP contribution >= 0.6 is 23.2 Å². The average molecular weight is 301 g/mol. The van der Waals surface area contributed by atoms with Crippen LogP contribution in [-0.2, 0) is 0 Å². The van der Waals surface area contributed by atoms with Crippen molar-refractivity contribution in [3.05, 3.63) is 33.8 Å². The number of rotatable bonds is 3. The van der Waals surface area contributed by atoms with Gasteiger partial charge in [-0.3, -0.25) is 4.90 Å². The Balaban J connectivity index is 2.23. The van der Waals surface area contributed by atoms with E-state index in [9.17, 15) is 0 Å². The first-order chi connectivity index (χ1) is 9.00. The minimum atomic E-state index is 0.319. The molecule has 1 aromatic rings. The van der Waals surface area contributed by atoms with E-state index in [-0.39, 0.29) is 0 Å². The summed E-state index contributed by atoms with van der Waals surface area (Å²) in [6.45, 7) is 9.94. The van der Waals surface area contributed by atoms with Gasteiger partial charge in [0.1, 0.15) is 0 Å². The molecule has 0 radical (unpaired) electrons. The second-order valence-corrected chi connectivity index (χ2v) is 6.44. The molecule has 1 aliphatic rings. The number of halogens is 2. The summed E-state index contributed by atoms with van der Waals surface area (Å²) in [5.74, 6) is 0.626. The van der Waals surface area contributed by atoms with Crippen LogP contribution in [-0.4, -0.2) is 30.6 Å². The Morgan fingerprint density at radius 1 is 1.26 bits per heavy atom. The fourth-order valence-electron chi connectivity index (χ4n) is 2.86. The first-order valence-corrected chi connectivity index (χ1v) is 7.67. The van der Waals surface area contributed by atoms with Crippen molar-refractivity contribution in [2.45, 2.75) is 32.9 Å². The van der Waals surface area contributed by atoms with Crippen molar-refractivity contribution >= 4 is 23.2 Å². The van der Waals surface area contributed by atoms with Gasteiger partial charge in [0.15, 0.2) is 0 Å². The summed E-state index contributed by atoms with van der Waals surface area (Å²) in [6, 6.07) is 6.68. The van der Waals surface area contributed by atoms with Crippen LogP contribution in [0.15, 0.2) is 18.2 Å². The third-order valence-corrected chi connectivity index (χ3v) is 4.57. The highest BCUT2D eigenvalue weighted by molar-refractivity contribution is 6.35. The van der Waals surface area contributed by atoms with E-state index in [1.54, 1.807) is 0 Å². The molecule has 0 saturated carbocycles. The molecule has 0 amide bonds. The van der Waals surface area contributed by atoms with E-state index < -0.39 is 0 Å². The fraction of sp³-hybridized carbons (Fsp3) is 0.600. The van der Waals surface area contributed by atoms with Crippen LogP contribution < -0.4 is 5.32 Å². The summed E-state index contributed by atoms with van der Waals surface area (Å²) in [5.41, 5.74) is 1.17. The molecule has 1 aliphatic heterocycles. The van der Waals surface area contributed by atoms with Crippen molar-refractivity contribution in [1.29, 1.82) is 0 Å². The molecule has 1 saturated heterocycles. The van der Waals surface area contributed by atoms with Gasteiger partial charge in [-0.2, -0.15) is 0 Å². The molecule has 0 aromatic heterocycles. The predicted molar refractivity (Wildman–Crippen MR) is 83.1 cm³/mol. The summed E-state index contributed by atoms with van der Waals surface area (Å²) in [7, 11) is 0. The van der Waals surface area contributed by atoms with Gasteiger partial charge in [0.2, 0.25) is 0 Å². The summed E-state index contributed by atoms with van der Waals surface area (Å²) < 4.78 is 0. The Kier molecular flexibility index (Phi) is 5.13. The number of piperazine rings is 1. The van der Waals surface area contributed by atoms with Crippen LogP contribution in [0.25, 0.3) is 0 Å². The molecule has 2 unspecified atom stereocenters. The van der Waals surface area contributed by atoms with Crippen molar-refractivity contribution in [3.63, 3.8) is 0 Å². The summed E-state index contributed by atoms with van der Waals surface area (Å²) in [5, 5.41) is 4.94. The SMILES string of the molecule is CC(C)C1CNCCN1C(C)c1ccc(Cl)cc1Cl. The highest BCUT2D eigenvalue weighted by Gasteiger charge is 2.29. The first kappa shape index (κ1) is 15.1. The van der Waals surface area contributed by atoms with E-state index >= 15 is 0 Å². The molecule has 0 aliphatic carbocycles. The quantitative estimate of drug-likeness (QED) is 0.908. The summed E-state index contributed by atoms with van der Waals surface area (Å²) in [6.07, 6.45) is 0. The molecule has 4 heteroatoms. The highest BCUT2D eigenvalue weighted by Crippen LogP contribution is 2.32. The van der Waals surface area contributed by atoms with Gasteiger partial charge in [0, 0.05) is 41.8 Å². The summed E-state index contributed by atoms with van der Waals surface area (Å²) >= 11 is 12.3. The van der Waals surface area contributed by atoms with Gasteiger partial charge < -0.3 is 5.32 Å². The van der Waals surface area contributed by atoms with Crippen molar-refractivity contribution in [2.75, 3.05) is 19.6 Å². The molecule has 2 atom stereocenters. The zero-order valence-electron chi connectivity index (χ0n) is 11.8. The van der Waals surface area contributed by atoms with Crippen LogP contribution in [0.2, 0.25) is 10.0 Å². The fourth-order valence-corrected chi connectivity index (χ4v) is 3.43. The van der Waals surface area contributed by atoms with Gasteiger partial charge in [-0.1, -0.05) is 43.1 Å². The maximum Gasteiger partial charge on any atom is 0.0468 e. The topological polar surface area (TPSA) is 15.3 Å². The Morgan fingerprint density at radius 3 is 2.63 bits per heavy atom. The monoisotopic (exact) mass is 300 g/mol. The van der Waals surface area contributed by atoms with E-state index in [2.05, 4.69) is 37.1 Å². The minimum Gasteiger partial charge on any atom is -0.314 e. The Hall–Kier alpha value is -0.280. The molecule has 0 bridgehead atoms. The third kappa shape index (κ3) is 3.43.